The highest BCUT2D eigenvalue weighted by Gasteiger charge is 2.20. The van der Waals surface area contributed by atoms with Crippen molar-refractivity contribution in [3.8, 4) is 0 Å². The first-order valence-corrected chi connectivity index (χ1v) is 11.3. The molecule has 1 radical (unpaired) electrons. The molecule has 1 nitrogen and oxygen atoms in total. The molecule has 0 saturated heterocycles. The highest BCUT2D eigenvalue weighted by atomic mass is 15.1. The first kappa shape index (κ1) is 21.7. The zero-order valence-corrected chi connectivity index (χ0v) is 17.4. The Hall–Kier alpha value is -1.60. The zero-order valence-electron chi connectivity index (χ0n) is 17.4. The molecule has 0 amide bonds. The van der Waals surface area contributed by atoms with E-state index in [0.717, 1.165) is 6.54 Å². The summed E-state index contributed by atoms with van der Waals surface area (Å²) in [5.41, 5.74) is 2.60. The summed E-state index contributed by atoms with van der Waals surface area (Å²) >= 11 is 0. The normalized spacial score (nSPS) is 11.2. The van der Waals surface area contributed by atoms with E-state index in [-0.39, 0.29) is 0 Å². The topological polar surface area (TPSA) is 5.90 Å². The van der Waals surface area contributed by atoms with Gasteiger partial charge in [0.1, 0.15) is 6.54 Å². The third-order valence-corrected chi connectivity index (χ3v) is 5.37. The van der Waals surface area contributed by atoms with E-state index >= 15 is 0 Å². The average molecular weight is 366 g/mol. The van der Waals surface area contributed by atoms with E-state index in [1.165, 1.54) is 88.4 Å². The van der Waals surface area contributed by atoms with Crippen LogP contribution in [0.4, 0.5) is 11.4 Å². The molecule has 2 aromatic carbocycles. The zero-order chi connectivity index (χ0) is 19.0. The maximum Gasteiger partial charge on any atom is 0.186 e. The Kier molecular flexibility index (Phi) is 11.6. The Labute approximate surface area is 167 Å². The molecule has 2 rings (SSSR count). The highest BCUT2D eigenvalue weighted by molar-refractivity contribution is 5.52. The molecule has 0 unspecified atom stereocenters. The molecule has 0 aliphatic rings. The summed E-state index contributed by atoms with van der Waals surface area (Å²) in [5, 5.41) is 0. The lowest BCUT2D eigenvalue weighted by atomic mass is 10.1. The molecule has 1 heteroatoms. The number of unbranched alkanes of at least 4 members (excludes halogenated alkanes) is 11. The van der Waals surface area contributed by atoms with Crippen molar-refractivity contribution in [1.82, 2.24) is 4.90 Å². The van der Waals surface area contributed by atoms with E-state index in [2.05, 4.69) is 72.5 Å². The van der Waals surface area contributed by atoms with E-state index in [9.17, 15) is 0 Å². The molecule has 0 heterocycles. The van der Waals surface area contributed by atoms with Crippen LogP contribution in [0.25, 0.3) is 0 Å². The van der Waals surface area contributed by atoms with Crippen LogP contribution in [0, 0.1) is 0 Å². The van der Waals surface area contributed by atoms with Crippen molar-refractivity contribution in [3.05, 3.63) is 60.7 Å². The third kappa shape index (κ3) is 9.24. The largest absolute Gasteiger partial charge is 0.186 e. The monoisotopic (exact) mass is 365 g/mol. The predicted molar refractivity (Wildman–Crippen MR) is 120 cm³/mol. The van der Waals surface area contributed by atoms with Crippen molar-refractivity contribution < 1.29 is 0 Å². The van der Waals surface area contributed by atoms with Crippen LogP contribution in [0.1, 0.15) is 84.0 Å². The smallest absolute Gasteiger partial charge is 0.0972 e. The molecule has 2 aromatic rings. The van der Waals surface area contributed by atoms with Crippen LogP contribution in [0.3, 0.4) is 0 Å². The lowest BCUT2D eigenvalue weighted by Gasteiger charge is -2.11. The van der Waals surface area contributed by atoms with Gasteiger partial charge in [-0.25, -0.2) is 0 Å². The first-order valence-electron chi connectivity index (χ1n) is 11.3. The minimum absolute atomic E-state index is 1.10. The maximum atomic E-state index is 2.45. The highest BCUT2D eigenvalue weighted by Crippen LogP contribution is 2.25. The summed E-state index contributed by atoms with van der Waals surface area (Å²) in [5.74, 6) is 0. The molecule has 0 N–H and O–H groups in total. The molecule has 0 aliphatic heterocycles. The summed E-state index contributed by atoms with van der Waals surface area (Å²) < 4.78 is 0. The van der Waals surface area contributed by atoms with Gasteiger partial charge >= 0.3 is 0 Å². The van der Waals surface area contributed by atoms with Crippen LogP contribution < -0.4 is 4.90 Å². The number of para-hydroxylation sites is 2. The summed E-state index contributed by atoms with van der Waals surface area (Å²) in [7, 11) is 0. The van der Waals surface area contributed by atoms with Gasteiger partial charge < -0.3 is 0 Å². The SMILES string of the molecule is CCCCCCCCCCCCCC[N+](c1ccccc1)c1ccccc1. The molecular formula is C26H39N+. The minimum atomic E-state index is 1.10. The molecule has 0 aliphatic carbocycles. The molecule has 0 saturated carbocycles. The fourth-order valence-corrected chi connectivity index (χ4v) is 3.73. The van der Waals surface area contributed by atoms with Crippen molar-refractivity contribution in [1.29, 1.82) is 0 Å². The Morgan fingerprint density at radius 1 is 0.481 bits per heavy atom. The van der Waals surface area contributed by atoms with Gasteiger partial charge in [0.15, 0.2) is 11.4 Å². The molecule has 0 spiro atoms. The molecular weight excluding hydrogens is 326 g/mol. The molecule has 0 fully saturated rings. The quantitative estimate of drug-likeness (QED) is 0.220. The third-order valence-electron chi connectivity index (χ3n) is 5.37. The van der Waals surface area contributed by atoms with Crippen LogP contribution in [0.5, 0.6) is 0 Å². The van der Waals surface area contributed by atoms with Gasteiger partial charge in [-0.05, 0) is 6.42 Å². The van der Waals surface area contributed by atoms with E-state index in [4.69, 9.17) is 0 Å². The predicted octanol–water partition coefficient (Wildman–Crippen LogP) is 8.49. The molecule has 0 bridgehead atoms. The Balaban J connectivity index is 1.60. The number of anilines is 2. The van der Waals surface area contributed by atoms with Crippen molar-refractivity contribution in [2.45, 2.75) is 84.0 Å². The maximum absolute atomic E-state index is 2.45. The van der Waals surface area contributed by atoms with Gasteiger partial charge in [-0.15, -0.1) is 0 Å². The van der Waals surface area contributed by atoms with Crippen LogP contribution >= 0.6 is 0 Å². The lowest BCUT2D eigenvalue weighted by Crippen LogP contribution is -2.19. The molecule has 0 aromatic heterocycles. The second kappa shape index (κ2) is 14.5. The average Bonchev–Trinajstić information content (AvgIpc) is 2.73. The number of benzene rings is 2. The molecule has 0 atom stereocenters. The Morgan fingerprint density at radius 2 is 0.852 bits per heavy atom. The lowest BCUT2D eigenvalue weighted by molar-refractivity contribution is 0.532. The van der Waals surface area contributed by atoms with E-state index in [1.807, 2.05) is 0 Å². The fraction of sp³-hybridized carbons (Fsp3) is 0.538. The van der Waals surface area contributed by atoms with Gasteiger partial charge in [-0.3, -0.25) is 0 Å². The van der Waals surface area contributed by atoms with Crippen LogP contribution in [0.2, 0.25) is 0 Å². The summed E-state index contributed by atoms with van der Waals surface area (Å²) in [6, 6.07) is 21.6. The van der Waals surface area contributed by atoms with Crippen molar-refractivity contribution >= 4 is 11.4 Å². The minimum Gasteiger partial charge on any atom is -0.0972 e. The number of hydrogen-bond donors (Lipinski definition) is 0. The van der Waals surface area contributed by atoms with Gasteiger partial charge in [-0.1, -0.05) is 112 Å². The number of nitrogens with zero attached hydrogens (tertiary/aromatic N) is 1. The van der Waals surface area contributed by atoms with Crippen molar-refractivity contribution in [2.24, 2.45) is 0 Å². The summed E-state index contributed by atoms with van der Waals surface area (Å²) in [6.07, 6.45) is 16.8. The van der Waals surface area contributed by atoms with E-state index < -0.39 is 0 Å². The Morgan fingerprint density at radius 3 is 1.26 bits per heavy atom. The Bertz CT molecular complexity index is 524. The van der Waals surface area contributed by atoms with Gasteiger partial charge in [0.05, 0.1) is 0 Å². The molecule has 27 heavy (non-hydrogen) atoms. The summed E-state index contributed by atoms with van der Waals surface area (Å²) in [4.78, 5) is 2.45. The first-order chi connectivity index (χ1) is 13.4. The van der Waals surface area contributed by atoms with Crippen LogP contribution in [-0.2, 0) is 0 Å². The van der Waals surface area contributed by atoms with Gasteiger partial charge in [0.25, 0.3) is 0 Å². The number of rotatable bonds is 15. The van der Waals surface area contributed by atoms with Gasteiger partial charge in [0.2, 0.25) is 0 Å². The second-order valence-corrected chi connectivity index (χ2v) is 7.71. The van der Waals surface area contributed by atoms with Crippen LogP contribution in [-0.4, -0.2) is 6.54 Å². The van der Waals surface area contributed by atoms with E-state index in [1.54, 1.807) is 0 Å². The van der Waals surface area contributed by atoms with Crippen LogP contribution in [0.15, 0.2) is 60.7 Å². The fourth-order valence-electron chi connectivity index (χ4n) is 3.73. The van der Waals surface area contributed by atoms with Gasteiger partial charge in [-0.2, -0.15) is 0 Å². The van der Waals surface area contributed by atoms with Gasteiger partial charge in [0, 0.05) is 30.7 Å². The van der Waals surface area contributed by atoms with E-state index in [0.29, 0.717) is 0 Å². The van der Waals surface area contributed by atoms with Crippen molar-refractivity contribution in [3.63, 3.8) is 0 Å². The molecule has 147 valence electrons. The second-order valence-electron chi connectivity index (χ2n) is 7.71. The number of hydrogen-bond acceptors (Lipinski definition) is 1. The standard InChI is InChI=1S/C26H39N/c1-2-3-4-5-6-7-8-9-10-11-12-19-24-27(25-20-15-13-16-21-25)26-22-17-14-18-23-26/h13-18,20-23H,2-12,19,24H2,1H3/q+1. The summed E-state index contributed by atoms with van der Waals surface area (Å²) in [6.45, 7) is 3.39. The van der Waals surface area contributed by atoms with Crippen molar-refractivity contribution in [2.75, 3.05) is 6.54 Å².